The van der Waals surface area contributed by atoms with Crippen molar-refractivity contribution in [2.45, 2.75) is 146 Å². The highest BCUT2D eigenvalue weighted by atomic mass is 32.1. The number of carboxylic acid groups (broad SMARTS) is 2. The van der Waals surface area contributed by atoms with Crippen LogP contribution in [0.4, 0.5) is 0 Å². The maximum Gasteiger partial charge on any atom is 0.327 e. The summed E-state index contributed by atoms with van der Waals surface area (Å²) in [6.45, 7) is 1.09. The van der Waals surface area contributed by atoms with E-state index in [9.17, 15) is 96.8 Å². The maximum absolute atomic E-state index is 14.4. The lowest BCUT2D eigenvalue weighted by atomic mass is 10.00. The van der Waals surface area contributed by atoms with Crippen molar-refractivity contribution in [2.24, 2.45) is 39.6 Å². The fraction of sp³-hybridized carbons (Fsp3) is 0.544. The highest BCUT2D eigenvalue weighted by Crippen LogP contribution is 2.20. The molecule has 41 nitrogen and oxygen atoms in total. The SMILES string of the molecule is CC(C)C[C@H](NC(=O)CN)C(=O)N[C@@H](Cc1c[nH]c2ccccc12)C(=O)N[C@@H](CCCN=C(N)N)C(=O)N[C@@H](CC(N)=O)C(=O)NCC(=O)N[C@@H](CC(=O)O)C(=O)NCC(=O)N[C@@H](CCC(N)=O)C(=O)N[C@H](C(=O)N[C@@H](CO)C(=O)NCC(=O)N[C@@H](C)C(=O)N[C@@H](CS)C(=O)O)[C@@H](C)O. The van der Waals surface area contributed by atoms with E-state index in [1.54, 1.807) is 44.3 Å². The van der Waals surface area contributed by atoms with Crippen molar-refractivity contribution in [3.05, 3.63) is 36.0 Å². The molecule has 42 heteroatoms. The number of aliphatic hydroxyl groups is 2. The number of guanidine groups is 1. The zero-order chi connectivity index (χ0) is 74.8. The molecule has 1 aromatic heterocycles. The molecule has 0 saturated carbocycles. The molecule has 548 valence electrons. The van der Waals surface area contributed by atoms with Crippen molar-refractivity contribution in [3.8, 4) is 0 Å². The molecule has 28 N–H and O–H groups in total. The highest BCUT2D eigenvalue weighted by molar-refractivity contribution is 7.80. The number of nitrogens with two attached hydrogens (primary N) is 5. The lowest BCUT2D eigenvalue weighted by Gasteiger charge is -2.27. The van der Waals surface area contributed by atoms with E-state index in [0.717, 1.165) is 6.92 Å². The maximum atomic E-state index is 14.4. The number of carbonyl (C=O) groups excluding carboxylic acids is 15. The van der Waals surface area contributed by atoms with E-state index in [2.05, 4.69) is 75.8 Å². The third-order valence-electron chi connectivity index (χ3n) is 14.0. The Morgan fingerprint density at radius 1 is 0.535 bits per heavy atom. The number of fused-ring (bicyclic) bond motifs is 1. The number of benzene rings is 1. The number of primary amides is 2. The molecule has 2 aromatic rings. The summed E-state index contributed by atoms with van der Waals surface area (Å²) in [4.78, 5) is 227. The summed E-state index contributed by atoms with van der Waals surface area (Å²) in [5, 5.41) is 68.7. The van der Waals surface area contributed by atoms with E-state index < -0.39 is 226 Å². The molecule has 2 rings (SSSR count). The van der Waals surface area contributed by atoms with E-state index in [1.165, 1.54) is 6.92 Å². The van der Waals surface area contributed by atoms with Crippen LogP contribution in [0.25, 0.3) is 10.9 Å². The summed E-state index contributed by atoms with van der Waals surface area (Å²) < 4.78 is 0. The van der Waals surface area contributed by atoms with Crippen molar-refractivity contribution in [2.75, 3.05) is 45.1 Å². The average Bonchev–Trinajstić information content (AvgIpc) is 1.72. The van der Waals surface area contributed by atoms with Crippen LogP contribution in [-0.2, 0) is 87.9 Å². The quantitative estimate of drug-likeness (QED) is 0.0127. The number of rotatable bonds is 45. The van der Waals surface area contributed by atoms with Gasteiger partial charge in [0.15, 0.2) is 5.96 Å². The smallest absolute Gasteiger partial charge is 0.327 e. The number of aromatic amines is 1. The normalized spacial score (nSPS) is 14.2. The topological polar surface area (TPSA) is 686 Å². The van der Waals surface area contributed by atoms with Gasteiger partial charge < -0.3 is 123 Å². The number of hydrogen-bond donors (Lipinski definition) is 24. The molecule has 0 unspecified atom stereocenters. The summed E-state index contributed by atoms with van der Waals surface area (Å²) in [6, 6.07) is -9.41. The van der Waals surface area contributed by atoms with E-state index in [-0.39, 0.29) is 49.9 Å². The van der Waals surface area contributed by atoms with E-state index >= 15 is 0 Å². The third kappa shape index (κ3) is 31.3. The van der Waals surface area contributed by atoms with Crippen LogP contribution in [0.1, 0.15) is 78.2 Å². The second kappa shape index (κ2) is 42.7. The zero-order valence-corrected chi connectivity index (χ0v) is 55.3. The summed E-state index contributed by atoms with van der Waals surface area (Å²) in [5.74, 6) is -20.3. The molecule has 1 heterocycles. The van der Waals surface area contributed by atoms with Crippen molar-refractivity contribution in [1.82, 2.24) is 74.1 Å². The first-order chi connectivity index (χ1) is 46.5. The standard InChI is InChI=1S/C57H88N20O21S/c1-25(2)14-33(70-41(82)18-58)53(94)73-34(15-28-19-64-30-9-6-5-8-29(28)30)54(95)72-31(10-7-13-63-57(61)62)51(92)74-35(16-40(60)81)48(89)65-22-44(85)71-36(17-45(86)87)49(90)66-21-43(84)69-32(11-12-39(59)80)52(93)77-46(27(4)79)55(96)75-37(23-78)50(91)67-20-42(83)68-26(3)47(88)76-38(24-99)56(97)98/h5-6,8-9,19,25-27,31-38,46,64,78-79,99H,7,10-18,20-24,58H2,1-4H3,(H2,59,80)(H2,60,81)(H,65,89)(H,66,90)(H,67,91)(H,68,83)(H,69,84)(H,70,82)(H,71,85)(H,72,95)(H,73,94)(H,74,92)(H,75,96)(H,76,88)(H,77,93)(H,86,87)(H,97,98)(H4,61,62,63)/t26-,27+,31-,32-,33-,34-,35-,36-,37-,38-,46-/m0/s1. The minimum Gasteiger partial charge on any atom is -0.481 e. The molecule has 0 aliphatic rings. The second-order valence-electron chi connectivity index (χ2n) is 22.7. The van der Waals surface area contributed by atoms with E-state index in [1.807, 2.05) is 16.0 Å². The van der Waals surface area contributed by atoms with Gasteiger partial charge in [0.1, 0.15) is 60.4 Å². The number of para-hydroxylation sites is 1. The van der Waals surface area contributed by atoms with Gasteiger partial charge in [0.25, 0.3) is 0 Å². The average molecular weight is 1420 g/mol. The van der Waals surface area contributed by atoms with Gasteiger partial charge in [0.05, 0.1) is 51.7 Å². The molecule has 0 fully saturated rings. The minimum absolute atomic E-state index is 0.00209. The van der Waals surface area contributed by atoms with E-state index in [0.29, 0.717) is 16.5 Å². The molecular formula is C57H88N20O21S. The summed E-state index contributed by atoms with van der Waals surface area (Å²) >= 11 is 3.82. The zero-order valence-electron chi connectivity index (χ0n) is 54.4. The van der Waals surface area contributed by atoms with E-state index in [4.69, 9.17) is 33.8 Å². The van der Waals surface area contributed by atoms with Crippen LogP contribution in [-0.4, -0.2) is 244 Å². The van der Waals surface area contributed by atoms with Gasteiger partial charge in [-0.3, -0.25) is 81.7 Å². The van der Waals surface area contributed by atoms with Crippen LogP contribution in [0.15, 0.2) is 35.5 Å². The van der Waals surface area contributed by atoms with Crippen LogP contribution in [0.2, 0.25) is 0 Å². The number of aliphatic hydroxyl groups excluding tert-OH is 2. The highest BCUT2D eigenvalue weighted by Gasteiger charge is 2.36. The molecule has 99 heavy (non-hydrogen) atoms. The van der Waals surface area contributed by atoms with Crippen LogP contribution in [0.3, 0.4) is 0 Å². The van der Waals surface area contributed by atoms with Crippen molar-refractivity contribution in [1.29, 1.82) is 0 Å². The van der Waals surface area contributed by atoms with Gasteiger partial charge in [-0.05, 0) is 57.1 Å². The first-order valence-corrected chi connectivity index (χ1v) is 31.2. The number of carboxylic acids is 2. The Kier molecular flexibility index (Phi) is 36.4. The van der Waals surface area contributed by atoms with Gasteiger partial charge in [-0.25, -0.2) is 4.79 Å². The Labute approximate surface area is 570 Å². The van der Waals surface area contributed by atoms with Gasteiger partial charge in [0.2, 0.25) is 88.6 Å². The molecule has 0 spiro atoms. The van der Waals surface area contributed by atoms with Crippen molar-refractivity contribution in [3.63, 3.8) is 0 Å². The number of aromatic nitrogens is 1. The number of thiol groups is 1. The molecule has 0 radical (unpaired) electrons. The van der Waals surface area contributed by atoms with Gasteiger partial charge in [-0.1, -0.05) is 32.0 Å². The van der Waals surface area contributed by atoms with Gasteiger partial charge >= 0.3 is 11.9 Å². The fourth-order valence-electron chi connectivity index (χ4n) is 8.94. The molecule has 15 amide bonds. The number of aliphatic carboxylic acids is 2. The Balaban J connectivity index is 2.25. The Morgan fingerprint density at radius 2 is 1.02 bits per heavy atom. The molecule has 11 atom stereocenters. The van der Waals surface area contributed by atoms with Crippen molar-refractivity contribution < 1.29 is 102 Å². The predicted molar refractivity (Wildman–Crippen MR) is 349 cm³/mol. The number of amides is 15. The van der Waals surface area contributed by atoms with Crippen LogP contribution >= 0.6 is 12.6 Å². The van der Waals surface area contributed by atoms with Gasteiger partial charge in [-0.15, -0.1) is 0 Å². The number of aliphatic imine (C=N–C) groups is 1. The van der Waals surface area contributed by atoms with Crippen LogP contribution < -0.4 is 97.8 Å². The fourth-order valence-corrected chi connectivity index (χ4v) is 9.19. The summed E-state index contributed by atoms with van der Waals surface area (Å²) in [7, 11) is 0. The molecule has 0 aliphatic carbocycles. The van der Waals surface area contributed by atoms with Gasteiger partial charge in [0, 0.05) is 42.2 Å². The molecule has 0 saturated heterocycles. The second-order valence-corrected chi connectivity index (χ2v) is 23.0. The predicted octanol–water partition coefficient (Wildman–Crippen LogP) is -11.0. The largest absolute Gasteiger partial charge is 0.481 e. The number of carbonyl (C=O) groups is 17. The lowest BCUT2D eigenvalue weighted by Crippen LogP contribution is -2.61. The molecule has 1 aromatic carbocycles. The monoisotopic (exact) mass is 1420 g/mol. The first kappa shape index (κ1) is 84.3. The first-order valence-electron chi connectivity index (χ1n) is 30.5. The molecular weight excluding hydrogens is 1330 g/mol. The number of hydrogen-bond acceptors (Lipinski definition) is 22. The minimum atomic E-state index is -2.01. The lowest BCUT2D eigenvalue weighted by molar-refractivity contribution is -0.141. The third-order valence-corrected chi connectivity index (χ3v) is 14.3. The Hall–Kier alpha value is -10.7. The van der Waals surface area contributed by atoms with Gasteiger partial charge in [-0.2, -0.15) is 12.6 Å². The van der Waals surface area contributed by atoms with Crippen LogP contribution in [0.5, 0.6) is 0 Å². The molecule has 0 aliphatic heterocycles. The van der Waals surface area contributed by atoms with Crippen LogP contribution in [0, 0.1) is 5.92 Å². The Morgan fingerprint density at radius 3 is 1.55 bits per heavy atom. The number of nitrogens with one attached hydrogen (secondary N) is 14. The Bertz CT molecular complexity index is 3270. The summed E-state index contributed by atoms with van der Waals surface area (Å²) in [5.41, 5.74) is 28.4. The number of H-pyrrole nitrogens is 1. The molecule has 0 bridgehead atoms. The number of nitrogens with zero attached hydrogens (tertiary/aromatic N) is 1. The van der Waals surface area contributed by atoms with Crippen molar-refractivity contribution >= 4 is 130 Å². The summed E-state index contributed by atoms with van der Waals surface area (Å²) in [6.07, 6.45) is -3.76.